The molecule has 1 fully saturated rings. The van der Waals surface area contributed by atoms with Crippen molar-refractivity contribution in [3.8, 4) is 0 Å². The number of rotatable bonds is 3. The maximum Gasteiger partial charge on any atom is 0.0805 e. The maximum absolute atomic E-state index is 6.02. The fourth-order valence-electron chi connectivity index (χ4n) is 3.03. The van der Waals surface area contributed by atoms with Crippen molar-refractivity contribution >= 4 is 5.69 Å². The van der Waals surface area contributed by atoms with Gasteiger partial charge in [0.05, 0.1) is 5.60 Å². The van der Waals surface area contributed by atoms with Crippen molar-refractivity contribution < 1.29 is 4.74 Å². The highest BCUT2D eigenvalue weighted by Gasteiger charge is 2.39. The third-order valence-electron chi connectivity index (χ3n) is 4.29. The number of nitrogen functional groups attached to an aromatic ring is 1. The molecule has 1 aliphatic carbocycles. The Hall–Kier alpha value is -1.06. The molecule has 2 N–H and O–H groups in total. The molecule has 1 aromatic rings. The predicted octanol–water partition coefficient (Wildman–Crippen LogP) is 2.15. The number of ether oxygens (including phenoxy) is 1. The minimum absolute atomic E-state index is 0.122. The molecule has 0 unspecified atom stereocenters. The lowest BCUT2D eigenvalue weighted by Crippen LogP contribution is -2.48. The molecule has 0 spiro atoms. The number of fused-ring (bicyclic) bond motifs is 1. The van der Waals surface area contributed by atoms with Crippen molar-refractivity contribution in [1.82, 2.24) is 4.90 Å². The van der Waals surface area contributed by atoms with Crippen LogP contribution in [0.1, 0.15) is 30.4 Å². The number of anilines is 1. The lowest BCUT2D eigenvalue weighted by Gasteiger charge is -2.43. The van der Waals surface area contributed by atoms with Crippen LogP contribution >= 0.6 is 0 Å². The summed E-state index contributed by atoms with van der Waals surface area (Å²) in [5.74, 6) is 0. The molecule has 0 saturated heterocycles. The highest BCUT2D eigenvalue weighted by Crippen LogP contribution is 2.38. The predicted molar refractivity (Wildman–Crippen MR) is 68.6 cm³/mol. The number of hydrogen-bond acceptors (Lipinski definition) is 3. The molecular formula is C14H20N2O. The fraction of sp³-hybridized carbons (Fsp3) is 0.571. The second-order valence-electron chi connectivity index (χ2n) is 5.37. The van der Waals surface area contributed by atoms with Crippen LogP contribution in [0.5, 0.6) is 0 Å². The van der Waals surface area contributed by atoms with Gasteiger partial charge in [0.15, 0.2) is 0 Å². The van der Waals surface area contributed by atoms with Gasteiger partial charge in [-0.25, -0.2) is 0 Å². The average molecular weight is 232 g/mol. The summed E-state index contributed by atoms with van der Waals surface area (Å²) < 4.78 is 5.69. The van der Waals surface area contributed by atoms with Crippen molar-refractivity contribution in [2.75, 3.05) is 19.4 Å². The van der Waals surface area contributed by atoms with E-state index < -0.39 is 0 Å². The van der Waals surface area contributed by atoms with Gasteiger partial charge in [-0.1, -0.05) is 12.1 Å². The summed E-state index contributed by atoms with van der Waals surface area (Å²) in [4.78, 5) is 2.46. The van der Waals surface area contributed by atoms with E-state index in [1.807, 2.05) is 19.2 Å². The Kier molecular flexibility index (Phi) is 2.60. The van der Waals surface area contributed by atoms with Crippen LogP contribution in [-0.4, -0.2) is 24.2 Å². The molecule has 1 aliphatic heterocycles. The van der Waals surface area contributed by atoms with Crippen molar-refractivity contribution in [3.63, 3.8) is 0 Å². The van der Waals surface area contributed by atoms with Crippen molar-refractivity contribution in [2.24, 2.45) is 0 Å². The summed E-state index contributed by atoms with van der Waals surface area (Å²) in [5.41, 5.74) is 9.78. The molecular weight excluding hydrogens is 212 g/mol. The summed E-state index contributed by atoms with van der Waals surface area (Å²) in [7, 11) is 1.84. The molecule has 0 amide bonds. The smallest absolute Gasteiger partial charge is 0.0805 e. The minimum atomic E-state index is 0.122. The van der Waals surface area contributed by atoms with Gasteiger partial charge in [0, 0.05) is 32.4 Å². The quantitative estimate of drug-likeness (QED) is 0.812. The highest BCUT2D eigenvalue weighted by molar-refractivity contribution is 5.52. The monoisotopic (exact) mass is 232 g/mol. The number of hydrogen-bond donors (Lipinski definition) is 1. The zero-order valence-corrected chi connectivity index (χ0v) is 10.4. The second-order valence-corrected chi connectivity index (χ2v) is 5.37. The van der Waals surface area contributed by atoms with Gasteiger partial charge in [-0.3, -0.25) is 4.90 Å². The Morgan fingerprint density at radius 3 is 2.76 bits per heavy atom. The summed E-state index contributed by atoms with van der Waals surface area (Å²) in [6.07, 6.45) is 3.70. The van der Waals surface area contributed by atoms with E-state index in [2.05, 4.69) is 11.0 Å². The normalized spacial score (nSPS) is 22.2. The third-order valence-corrected chi connectivity index (χ3v) is 4.29. The molecule has 3 heteroatoms. The van der Waals surface area contributed by atoms with E-state index in [1.54, 1.807) is 0 Å². The Balaban J connectivity index is 1.72. The zero-order chi connectivity index (χ0) is 11.9. The first-order valence-electron chi connectivity index (χ1n) is 6.36. The summed E-state index contributed by atoms with van der Waals surface area (Å²) in [5, 5.41) is 0. The van der Waals surface area contributed by atoms with Gasteiger partial charge in [0.2, 0.25) is 0 Å². The van der Waals surface area contributed by atoms with Crippen LogP contribution in [0.3, 0.4) is 0 Å². The molecule has 0 bridgehead atoms. The second kappa shape index (κ2) is 4.00. The van der Waals surface area contributed by atoms with Crippen LogP contribution in [0, 0.1) is 0 Å². The molecule has 0 radical (unpaired) electrons. The van der Waals surface area contributed by atoms with Crippen LogP contribution in [0.25, 0.3) is 0 Å². The van der Waals surface area contributed by atoms with Crippen molar-refractivity contribution in [1.29, 1.82) is 0 Å². The Morgan fingerprint density at radius 2 is 2.18 bits per heavy atom. The van der Waals surface area contributed by atoms with Crippen LogP contribution in [-0.2, 0) is 17.8 Å². The van der Waals surface area contributed by atoms with Crippen molar-refractivity contribution in [2.45, 2.75) is 38.0 Å². The fourth-order valence-corrected chi connectivity index (χ4v) is 3.03. The molecule has 17 heavy (non-hydrogen) atoms. The van der Waals surface area contributed by atoms with E-state index in [1.165, 1.54) is 30.4 Å². The van der Waals surface area contributed by atoms with Gasteiger partial charge in [0.1, 0.15) is 0 Å². The summed E-state index contributed by atoms with van der Waals surface area (Å²) >= 11 is 0. The van der Waals surface area contributed by atoms with E-state index in [4.69, 9.17) is 10.5 Å². The van der Waals surface area contributed by atoms with E-state index in [9.17, 15) is 0 Å². The number of nitrogens with zero attached hydrogens (tertiary/aromatic N) is 1. The SMILES string of the molecule is COC1(CN2Cc3cccc(N)c3C2)CCC1. The first-order valence-corrected chi connectivity index (χ1v) is 6.36. The van der Waals surface area contributed by atoms with Gasteiger partial charge < -0.3 is 10.5 Å². The van der Waals surface area contributed by atoms with Gasteiger partial charge in [-0.15, -0.1) is 0 Å². The Morgan fingerprint density at radius 1 is 1.35 bits per heavy atom. The third kappa shape index (κ3) is 1.83. The van der Waals surface area contributed by atoms with Crippen LogP contribution in [0.4, 0.5) is 5.69 Å². The lowest BCUT2D eigenvalue weighted by molar-refractivity contribution is -0.0923. The van der Waals surface area contributed by atoms with E-state index in [0.717, 1.165) is 25.3 Å². The number of nitrogens with two attached hydrogens (primary N) is 1. The molecule has 1 heterocycles. The minimum Gasteiger partial charge on any atom is -0.398 e. The number of methoxy groups -OCH3 is 1. The van der Waals surface area contributed by atoms with Crippen LogP contribution < -0.4 is 5.73 Å². The molecule has 1 saturated carbocycles. The van der Waals surface area contributed by atoms with Crippen molar-refractivity contribution in [3.05, 3.63) is 29.3 Å². The lowest BCUT2D eigenvalue weighted by atomic mass is 9.79. The molecule has 1 aromatic carbocycles. The molecule has 0 aromatic heterocycles. The topological polar surface area (TPSA) is 38.5 Å². The highest BCUT2D eigenvalue weighted by atomic mass is 16.5. The van der Waals surface area contributed by atoms with Gasteiger partial charge in [-0.05, 0) is 36.5 Å². The van der Waals surface area contributed by atoms with Gasteiger partial charge >= 0.3 is 0 Å². The van der Waals surface area contributed by atoms with Gasteiger partial charge in [-0.2, -0.15) is 0 Å². The number of benzene rings is 1. The Bertz CT molecular complexity index is 421. The molecule has 2 aliphatic rings. The molecule has 3 rings (SSSR count). The van der Waals surface area contributed by atoms with Crippen LogP contribution in [0.2, 0.25) is 0 Å². The molecule has 3 nitrogen and oxygen atoms in total. The standard InChI is InChI=1S/C14H20N2O/c1-17-14(6-3-7-14)10-16-8-11-4-2-5-13(15)12(11)9-16/h2,4-5H,3,6-10,15H2,1H3. The average Bonchev–Trinajstić information content (AvgIpc) is 2.68. The van der Waals surface area contributed by atoms with E-state index in [-0.39, 0.29) is 5.60 Å². The largest absolute Gasteiger partial charge is 0.398 e. The Labute approximate surface area is 103 Å². The zero-order valence-electron chi connectivity index (χ0n) is 10.4. The molecule has 0 atom stereocenters. The first kappa shape index (κ1) is 11.1. The molecule has 92 valence electrons. The summed E-state index contributed by atoms with van der Waals surface area (Å²) in [6, 6.07) is 6.23. The van der Waals surface area contributed by atoms with E-state index in [0.29, 0.717) is 0 Å². The first-order chi connectivity index (χ1) is 8.22. The maximum atomic E-state index is 6.02. The summed E-state index contributed by atoms with van der Waals surface area (Å²) in [6.45, 7) is 3.04. The van der Waals surface area contributed by atoms with Gasteiger partial charge in [0.25, 0.3) is 0 Å². The van der Waals surface area contributed by atoms with E-state index >= 15 is 0 Å². The van der Waals surface area contributed by atoms with Crippen LogP contribution in [0.15, 0.2) is 18.2 Å².